The molecule has 0 bridgehead atoms. The number of benzene rings is 2. The van der Waals surface area contributed by atoms with Gasteiger partial charge in [-0.05, 0) is 31.2 Å². The maximum Gasteiger partial charge on any atom is 0.350 e. The summed E-state index contributed by atoms with van der Waals surface area (Å²) in [5.74, 6) is -0.342. The first-order valence-corrected chi connectivity index (χ1v) is 8.10. The molecule has 3 rings (SSSR count). The van der Waals surface area contributed by atoms with Gasteiger partial charge < -0.3 is 10.5 Å². The Labute approximate surface area is 138 Å². The van der Waals surface area contributed by atoms with E-state index in [1.165, 1.54) is 11.3 Å². The number of hydrogen-bond acceptors (Lipinski definition) is 5. The van der Waals surface area contributed by atoms with Gasteiger partial charge in [-0.3, -0.25) is 0 Å². The lowest BCUT2D eigenvalue weighted by Crippen LogP contribution is -2.03. The van der Waals surface area contributed by atoms with E-state index in [0.29, 0.717) is 22.9 Å². The summed E-state index contributed by atoms with van der Waals surface area (Å²) < 4.78 is 5.17. The van der Waals surface area contributed by atoms with Crippen LogP contribution in [0.1, 0.15) is 16.6 Å². The molecule has 0 aliphatic heterocycles. The molecular weight excluding hydrogens is 308 g/mol. The van der Waals surface area contributed by atoms with Gasteiger partial charge in [0.05, 0.1) is 12.3 Å². The van der Waals surface area contributed by atoms with E-state index in [1.54, 1.807) is 6.92 Å². The van der Waals surface area contributed by atoms with Crippen molar-refractivity contribution in [2.75, 3.05) is 12.3 Å². The van der Waals surface area contributed by atoms with Crippen LogP contribution in [-0.2, 0) is 4.74 Å². The predicted molar refractivity (Wildman–Crippen MR) is 93.4 cm³/mol. The third-order valence-corrected chi connectivity index (χ3v) is 4.38. The molecule has 116 valence electrons. The molecule has 2 N–H and O–H groups in total. The molecular formula is C18H16N2O2S. The Morgan fingerprint density at radius 2 is 1.78 bits per heavy atom. The summed E-state index contributed by atoms with van der Waals surface area (Å²) in [5, 5.41) is 0.770. The maximum atomic E-state index is 12.3. The van der Waals surface area contributed by atoms with Crippen molar-refractivity contribution in [3.63, 3.8) is 0 Å². The highest BCUT2D eigenvalue weighted by Crippen LogP contribution is 2.34. The topological polar surface area (TPSA) is 65.2 Å². The number of hydrogen-bond donors (Lipinski definition) is 1. The molecule has 5 heteroatoms. The van der Waals surface area contributed by atoms with E-state index in [-0.39, 0.29) is 5.97 Å². The SMILES string of the molecule is CCOC(=O)c1sc(-c2ccc(N)cc2)nc1-c1ccccc1. The first kappa shape index (κ1) is 15.2. The van der Waals surface area contributed by atoms with Crippen molar-refractivity contribution < 1.29 is 9.53 Å². The molecule has 0 saturated heterocycles. The molecule has 0 saturated carbocycles. The number of nitrogens with zero attached hydrogens (tertiary/aromatic N) is 1. The molecule has 4 nitrogen and oxygen atoms in total. The third-order valence-electron chi connectivity index (χ3n) is 3.29. The fraction of sp³-hybridized carbons (Fsp3) is 0.111. The quantitative estimate of drug-likeness (QED) is 0.576. The van der Waals surface area contributed by atoms with Crippen molar-refractivity contribution in [1.82, 2.24) is 4.98 Å². The molecule has 0 radical (unpaired) electrons. The van der Waals surface area contributed by atoms with Gasteiger partial charge in [-0.15, -0.1) is 11.3 Å². The van der Waals surface area contributed by atoms with E-state index in [0.717, 1.165) is 16.1 Å². The largest absolute Gasteiger partial charge is 0.462 e. The van der Waals surface area contributed by atoms with E-state index in [9.17, 15) is 4.79 Å². The Hall–Kier alpha value is -2.66. The zero-order valence-corrected chi connectivity index (χ0v) is 13.5. The number of thiazole rings is 1. The number of carbonyl (C=O) groups excluding carboxylic acids is 1. The summed E-state index contributed by atoms with van der Waals surface area (Å²) in [4.78, 5) is 17.4. The average Bonchev–Trinajstić information content (AvgIpc) is 3.02. The minimum atomic E-state index is -0.342. The highest BCUT2D eigenvalue weighted by Gasteiger charge is 2.21. The average molecular weight is 324 g/mol. The number of carbonyl (C=O) groups is 1. The Balaban J connectivity index is 2.10. The van der Waals surface area contributed by atoms with Gasteiger partial charge in [0.25, 0.3) is 0 Å². The van der Waals surface area contributed by atoms with E-state index in [2.05, 4.69) is 4.98 Å². The molecule has 0 atom stereocenters. The predicted octanol–water partition coefficient (Wildman–Crippen LogP) is 4.24. The first-order valence-electron chi connectivity index (χ1n) is 7.28. The molecule has 0 unspecified atom stereocenters. The Bertz CT molecular complexity index is 811. The van der Waals surface area contributed by atoms with Crippen LogP contribution in [0.5, 0.6) is 0 Å². The van der Waals surface area contributed by atoms with Crippen molar-refractivity contribution in [2.24, 2.45) is 0 Å². The van der Waals surface area contributed by atoms with E-state index in [4.69, 9.17) is 10.5 Å². The first-order chi connectivity index (χ1) is 11.2. The molecule has 23 heavy (non-hydrogen) atoms. The van der Waals surface area contributed by atoms with Gasteiger partial charge in [-0.2, -0.15) is 0 Å². The summed E-state index contributed by atoms with van der Waals surface area (Å²) in [7, 11) is 0. The molecule has 3 aromatic rings. The summed E-state index contributed by atoms with van der Waals surface area (Å²) in [5.41, 5.74) is 8.90. The van der Waals surface area contributed by atoms with E-state index >= 15 is 0 Å². The molecule has 2 aromatic carbocycles. The smallest absolute Gasteiger partial charge is 0.350 e. The van der Waals surface area contributed by atoms with Crippen LogP contribution in [0.2, 0.25) is 0 Å². The lowest BCUT2D eigenvalue weighted by Gasteiger charge is -2.01. The van der Waals surface area contributed by atoms with Crippen molar-refractivity contribution in [2.45, 2.75) is 6.92 Å². The van der Waals surface area contributed by atoms with Gasteiger partial charge in [-0.25, -0.2) is 9.78 Å². The number of anilines is 1. The molecule has 0 spiro atoms. The summed E-state index contributed by atoms with van der Waals surface area (Å²) in [6.45, 7) is 2.13. The van der Waals surface area contributed by atoms with Crippen molar-refractivity contribution in [3.05, 3.63) is 59.5 Å². The Kier molecular flexibility index (Phi) is 4.39. The second kappa shape index (κ2) is 6.62. The van der Waals surface area contributed by atoms with Crippen molar-refractivity contribution in [1.29, 1.82) is 0 Å². The van der Waals surface area contributed by atoms with Gasteiger partial charge in [0.2, 0.25) is 0 Å². The number of ether oxygens (including phenoxy) is 1. The molecule has 1 heterocycles. The number of rotatable bonds is 4. The van der Waals surface area contributed by atoms with Gasteiger partial charge in [0.15, 0.2) is 0 Å². The zero-order chi connectivity index (χ0) is 16.2. The number of aromatic nitrogens is 1. The standard InChI is InChI=1S/C18H16N2O2S/c1-2-22-18(21)16-15(12-6-4-3-5-7-12)20-17(23-16)13-8-10-14(19)11-9-13/h3-11H,2,19H2,1H3. The highest BCUT2D eigenvalue weighted by molar-refractivity contribution is 7.17. The van der Waals surface area contributed by atoms with Gasteiger partial charge in [-0.1, -0.05) is 30.3 Å². The normalized spacial score (nSPS) is 10.5. The van der Waals surface area contributed by atoms with Crippen LogP contribution in [0.25, 0.3) is 21.8 Å². The molecule has 0 fully saturated rings. The fourth-order valence-corrected chi connectivity index (χ4v) is 3.18. The highest BCUT2D eigenvalue weighted by atomic mass is 32.1. The van der Waals surface area contributed by atoms with Crippen molar-refractivity contribution in [3.8, 4) is 21.8 Å². The lowest BCUT2D eigenvalue weighted by atomic mass is 10.1. The third kappa shape index (κ3) is 3.24. The van der Waals surface area contributed by atoms with Crippen molar-refractivity contribution >= 4 is 23.0 Å². The summed E-state index contributed by atoms with van der Waals surface area (Å²) in [6.07, 6.45) is 0. The van der Waals surface area contributed by atoms with Crippen LogP contribution < -0.4 is 5.73 Å². The van der Waals surface area contributed by atoms with Gasteiger partial charge >= 0.3 is 5.97 Å². The van der Waals surface area contributed by atoms with Crippen LogP contribution in [0.4, 0.5) is 5.69 Å². The van der Waals surface area contributed by atoms with E-state index in [1.807, 2.05) is 54.6 Å². The molecule has 0 amide bonds. The Morgan fingerprint density at radius 3 is 2.43 bits per heavy atom. The number of nitrogens with two attached hydrogens (primary N) is 1. The van der Waals surface area contributed by atoms with Gasteiger partial charge in [0, 0.05) is 16.8 Å². The number of esters is 1. The van der Waals surface area contributed by atoms with Crippen LogP contribution >= 0.6 is 11.3 Å². The summed E-state index contributed by atoms with van der Waals surface area (Å²) >= 11 is 1.33. The zero-order valence-electron chi connectivity index (χ0n) is 12.7. The van der Waals surface area contributed by atoms with E-state index < -0.39 is 0 Å². The monoisotopic (exact) mass is 324 g/mol. The van der Waals surface area contributed by atoms with Crippen LogP contribution in [-0.4, -0.2) is 17.6 Å². The molecule has 0 aliphatic carbocycles. The van der Waals surface area contributed by atoms with Crippen LogP contribution in [0.15, 0.2) is 54.6 Å². The second-order valence-electron chi connectivity index (χ2n) is 4.91. The van der Waals surface area contributed by atoms with Crippen LogP contribution in [0.3, 0.4) is 0 Å². The molecule has 0 aliphatic rings. The Morgan fingerprint density at radius 1 is 1.09 bits per heavy atom. The fourth-order valence-electron chi connectivity index (χ4n) is 2.20. The van der Waals surface area contributed by atoms with Gasteiger partial charge in [0.1, 0.15) is 9.88 Å². The minimum Gasteiger partial charge on any atom is -0.462 e. The lowest BCUT2D eigenvalue weighted by molar-refractivity contribution is 0.0532. The maximum absolute atomic E-state index is 12.3. The second-order valence-corrected chi connectivity index (χ2v) is 5.90. The number of nitrogen functional groups attached to an aromatic ring is 1. The minimum absolute atomic E-state index is 0.335. The van der Waals surface area contributed by atoms with Crippen LogP contribution in [0, 0.1) is 0 Å². The molecule has 1 aromatic heterocycles. The summed E-state index contributed by atoms with van der Waals surface area (Å²) in [6, 6.07) is 17.1.